The zero-order chi connectivity index (χ0) is 33.0. The maximum Gasteiger partial charge on any atom is 0.389 e. The maximum absolute atomic E-state index is 12.7. The molecular weight excluding hydrogens is 581 g/mol. The summed E-state index contributed by atoms with van der Waals surface area (Å²) in [6.45, 7) is 10.6. The second-order valence-electron chi connectivity index (χ2n) is 10.6. The van der Waals surface area contributed by atoms with Gasteiger partial charge in [0, 0.05) is 49.6 Å². The summed E-state index contributed by atoms with van der Waals surface area (Å²) >= 11 is 0. The number of halogens is 3. The van der Waals surface area contributed by atoms with Crippen molar-refractivity contribution >= 4 is 23.3 Å². The predicted molar refractivity (Wildman–Crippen MR) is 172 cm³/mol. The normalized spacial score (nSPS) is 14.5. The topological polar surface area (TPSA) is 89.9 Å². The first-order valence-electron chi connectivity index (χ1n) is 14.9. The Morgan fingerprint density at radius 2 is 1.93 bits per heavy atom. The maximum atomic E-state index is 12.7. The summed E-state index contributed by atoms with van der Waals surface area (Å²) in [5.41, 5.74) is 4.88. The van der Waals surface area contributed by atoms with Crippen LogP contribution in [-0.2, 0) is 11.3 Å². The number of aliphatic imine (C=N–C) groups is 1. The second kappa shape index (κ2) is 16.4. The van der Waals surface area contributed by atoms with Crippen LogP contribution < -0.4 is 10.6 Å². The van der Waals surface area contributed by atoms with E-state index in [1.807, 2.05) is 58.2 Å². The molecule has 0 saturated carbocycles. The van der Waals surface area contributed by atoms with Gasteiger partial charge in [0.1, 0.15) is 11.7 Å². The van der Waals surface area contributed by atoms with Crippen molar-refractivity contribution in [2.45, 2.75) is 59.2 Å². The number of allylic oxidation sites excluding steroid dienone is 2. The van der Waals surface area contributed by atoms with Crippen LogP contribution in [0.25, 0.3) is 0 Å². The van der Waals surface area contributed by atoms with Crippen LogP contribution in [0.3, 0.4) is 0 Å². The number of hydrogen-bond acceptors (Lipinski definition) is 5. The Kier molecular flexibility index (Phi) is 12.7. The molecule has 0 spiro atoms. The molecule has 0 radical (unpaired) electrons. The SMILES string of the molecule is C=CN(C)C(=N\C(=C\CC)Nc1ccc(C(=O)NCc2cc(C)ccn2)cc1)/C(=C\C)C1=CCN(C(=O)CCC(F)(F)F)CC1. The molecule has 2 heterocycles. The van der Waals surface area contributed by atoms with Crippen LogP contribution in [-0.4, -0.2) is 58.7 Å². The van der Waals surface area contributed by atoms with Crippen molar-refractivity contribution in [2.75, 3.05) is 25.5 Å². The molecule has 1 aliphatic heterocycles. The largest absolute Gasteiger partial charge is 0.389 e. The number of amidine groups is 1. The predicted octanol–water partition coefficient (Wildman–Crippen LogP) is 6.90. The van der Waals surface area contributed by atoms with Crippen LogP contribution in [0.4, 0.5) is 18.9 Å². The number of hydrogen-bond donors (Lipinski definition) is 2. The Morgan fingerprint density at radius 1 is 1.20 bits per heavy atom. The van der Waals surface area contributed by atoms with Gasteiger partial charge in [-0.2, -0.15) is 13.2 Å². The number of benzene rings is 1. The first-order chi connectivity index (χ1) is 21.4. The lowest BCUT2D eigenvalue weighted by Gasteiger charge is -2.29. The highest BCUT2D eigenvalue weighted by molar-refractivity contribution is 6.03. The minimum atomic E-state index is -4.36. The van der Waals surface area contributed by atoms with Crippen molar-refractivity contribution in [3.63, 3.8) is 0 Å². The third-order valence-corrected chi connectivity index (χ3v) is 7.11. The quantitative estimate of drug-likeness (QED) is 0.199. The minimum absolute atomic E-state index is 0.207. The standard InChI is InChI=1S/C34H41F3N6O2/c1-6-9-30(40-27-12-10-26(11-13-27)33(45)39-23-28-22-24(4)15-19-38-28)41-32(42(5)8-3)29(7-2)25-16-20-43(21-17-25)31(44)14-18-34(35,36)37/h7-13,15-16,19,22,40H,3,6,14,17-18,20-21,23H2,1-2,4-5H3,(H,39,45)/b29-7-,30-9+,41-32-. The molecule has 11 heteroatoms. The van der Waals surface area contributed by atoms with Gasteiger partial charge in [0.15, 0.2) is 0 Å². The van der Waals surface area contributed by atoms with E-state index >= 15 is 0 Å². The molecule has 0 bridgehead atoms. The summed E-state index contributed by atoms with van der Waals surface area (Å²) in [5, 5.41) is 6.22. The lowest BCUT2D eigenvalue weighted by Crippen LogP contribution is -2.36. The fourth-order valence-corrected chi connectivity index (χ4v) is 4.67. The van der Waals surface area contributed by atoms with Gasteiger partial charge in [-0.25, -0.2) is 4.99 Å². The van der Waals surface area contributed by atoms with E-state index in [2.05, 4.69) is 22.2 Å². The first kappa shape index (κ1) is 34.8. The smallest absolute Gasteiger partial charge is 0.346 e. The molecule has 1 aromatic heterocycles. The molecule has 0 unspecified atom stereocenters. The second-order valence-corrected chi connectivity index (χ2v) is 10.6. The Balaban J connectivity index is 1.74. The zero-order valence-electron chi connectivity index (χ0n) is 26.2. The fraction of sp³-hybridized carbons (Fsp3) is 0.353. The summed E-state index contributed by atoms with van der Waals surface area (Å²) in [6.07, 6.45) is 4.23. The average molecular weight is 623 g/mol. The summed E-state index contributed by atoms with van der Waals surface area (Å²) < 4.78 is 37.8. The number of pyridine rings is 1. The van der Waals surface area contributed by atoms with E-state index in [1.165, 1.54) is 4.90 Å². The number of amides is 2. The molecule has 0 fully saturated rings. The van der Waals surface area contributed by atoms with Crippen LogP contribution in [0.5, 0.6) is 0 Å². The van der Waals surface area contributed by atoms with E-state index in [0.29, 0.717) is 43.2 Å². The van der Waals surface area contributed by atoms with Gasteiger partial charge >= 0.3 is 6.18 Å². The summed E-state index contributed by atoms with van der Waals surface area (Å²) in [5.74, 6) is 0.485. The number of carbonyl (C=O) groups is 2. The highest BCUT2D eigenvalue weighted by Crippen LogP contribution is 2.26. The van der Waals surface area contributed by atoms with Crippen LogP contribution in [0.15, 0.2) is 95.6 Å². The number of carbonyl (C=O) groups excluding carboxylic acids is 2. The van der Waals surface area contributed by atoms with Crippen molar-refractivity contribution < 1.29 is 22.8 Å². The van der Waals surface area contributed by atoms with Crippen LogP contribution >= 0.6 is 0 Å². The molecule has 240 valence electrons. The monoisotopic (exact) mass is 622 g/mol. The molecule has 2 amide bonds. The zero-order valence-corrected chi connectivity index (χ0v) is 26.2. The lowest BCUT2D eigenvalue weighted by atomic mass is 9.97. The van der Waals surface area contributed by atoms with Crippen molar-refractivity contribution in [1.29, 1.82) is 0 Å². The molecule has 3 rings (SSSR count). The van der Waals surface area contributed by atoms with Gasteiger partial charge in [0.2, 0.25) is 5.91 Å². The van der Waals surface area contributed by atoms with Gasteiger partial charge in [-0.1, -0.05) is 25.7 Å². The van der Waals surface area contributed by atoms with Gasteiger partial charge in [-0.05, 0) is 86.5 Å². The number of aryl methyl sites for hydroxylation is 1. The minimum Gasteiger partial charge on any atom is -0.346 e. The Hall–Kier alpha value is -4.67. The van der Waals surface area contributed by atoms with Crippen LogP contribution in [0.1, 0.15) is 61.1 Å². The van der Waals surface area contributed by atoms with Crippen molar-refractivity contribution in [1.82, 2.24) is 20.1 Å². The van der Waals surface area contributed by atoms with E-state index in [1.54, 1.807) is 41.6 Å². The third kappa shape index (κ3) is 10.8. The van der Waals surface area contributed by atoms with Gasteiger partial charge in [0.05, 0.1) is 18.7 Å². The molecule has 0 aliphatic carbocycles. The van der Waals surface area contributed by atoms with E-state index in [4.69, 9.17) is 4.99 Å². The van der Waals surface area contributed by atoms with E-state index < -0.39 is 24.9 Å². The third-order valence-electron chi connectivity index (χ3n) is 7.11. The van der Waals surface area contributed by atoms with Crippen molar-refractivity contribution in [3.8, 4) is 0 Å². The van der Waals surface area contributed by atoms with Crippen molar-refractivity contribution in [3.05, 3.63) is 107 Å². The van der Waals surface area contributed by atoms with Crippen LogP contribution in [0.2, 0.25) is 0 Å². The molecule has 1 aliphatic rings. The number of anilines is 1. The summed E-state index contributed by atoms with van der Waals surface area (Å²) in [4.78, 5) is 37.5. The Morgan fingerprint density at radius 3 is 2.51 bits per heavy atom. The highest BCUT2D eigenvalue weighted by Gasteiger charge is 2.30. The van der Waals surface area contributed by atoms with Gasteiger partial charge in [-0.15, -0.1) is 0 Å². The lowest BCUT2D eigenvalue weighted by molar-refractivity contribution is -0.148. The number of rotatable bonds is 12. The highest BCUT2D eigenvalue weighted by atomic mass is 19.4. The molecule has 45 heavy (non-hydrogen) atoms. The summed E-state index contributed by atoms with van der Waals surface area (Å²) in [7, 11) is 1.83. The molecule has 0 saturated heterocycles. The number of nitrogens with zero attached hydrogens (tertiary/aromatic N) is 4. The fourth-order valence-electron chi connectivity index (χ4n) is 4.67. The summed E-state index contributed by atoms with van der Waals surface area (Å²) in [6, 6.07) is 10.9. The van der Waals surface area contributed by atoms with Gasteiger partial charge in [-0.3, -0.25) is 14.6 Å². The molecule has 1 aromatic carbocycles. The Labute approximate surface area is 263 Å². The van der Waals surface area contributed by atoms with Crippen LogP contribution in [0, 0.1) is 6.92 Å². The Bertz CT molecular complexity index is 1480. The molecule has 2 aromatic rings. The number of aromatic nitrogens is 1. The number of likely N-dealkylation sites (N-methyl/N-ethyl adjacent to an activating group) is 1. The van der Waals surface area contributed by atoms with E-state index in [-0.39, 0.29) is 12.5 Å². The van der Waals surface area contributed by atoms with Gasteiger partial charge in [0.25, 0.3) is 5.91 Å². The van der Waals surface area contributed by atoms with E-state index in [9.17, 15) is 22.8 Å². The molecule has 8 nitrogen and oxygen atoms in total. The number of alkyl halides is 3. The first-order valence-corrected chi connectivity index (χ1v) is 14.9. The molecular formula is C34H41F3N6O2. The van der Waals surface area contributed by atoms with Gasteiger partial charge < -0.3 is 20.4 Å². The van der Waals surface area contributed by atoms with Crippen molar-refractivity contribution in [2.24, 2.45) is 4.99 Å². The van der Waals surface area contributed by atoms with E-state index in [0.717, 1.165) is 28.1 Å². The average Bonchev–Trinajstić information content (AvgIpc) is 3.02. The number of nitrogens with one attached hydrogen (secondary N) is 2. The molecule has 0 atom stereocenters. The molecule has 2 N–H and O–H groups in total.